The summed E-state index contributed by atoms with van der Waals surface area (Å²) in [7, 11) is 3.76. The van der Waals surface area contributed by atoms with Gasteiger partial charge in [-0.15, -0.1) is 0 Å². The highest BCUT2D eigenvalue weighted by atomic mass is 16.5. The van der Waals surface area contributed by atoms with Gasteiger partial charge in [0.2, 0.25) is 41.9 Å². The zero-order valence-corrected chi connectivity index (χ0v) is 69.8. The second-order valence-corrected chi connectivity index (χ2v) is 33.4. The molecule has 1 aromatic carbocycles. The van der Waals surface area contributed by atoms with E-state index in [1.807, 2.05) is 43.2 Å². The highest BCUT2D eigenvalue weighted by Crippen LogP contribution is 2.43. The number of aromatic nitrogens is 20. The molecule has 5 aliphatic heterocycles. The Bertz CT molecular complexity index is 5170. The first kappa shape index (κ1) is 81.2. The minimum Gasteiger partial charge on any atom is -0.491 e. The number of nitrogens with one attached hydrogen (secondary N) is 11. The Balaban J connectivity index is 0.000000142. The Morgan fingerprint density at radius 2 is 0.950 bits per heavy atom. The molecule has 0 spiro atoms. The monoisotopic (exact) mass is 1650 g/mol. The van der Waals surface area contributed by atoms with Crippen LogP contribution in [0.5, 0.6) is 5.75 Å². The molecule has 5 aliphatic carbocycles. The van der Waals surface area contributed by atoms with Crippen molar-refractivity contribution in [3.8, 4) is 5.75 Å². The lowest BCUT2D eigenvalue weighted by Crippen LogP contribution is -2.47. The van der Waals surface area contributed by atoms with Crippen molar-refractivity contribution in [2.75, 3.05) is 144 Å². The Hall–Kier alpha value is -12.1. The van der Waals surface area contributed by atoms with Crippen LogP contribution in [0, 0.1) is 0 Å². The van der Waals surface area contributed by atoms with Gasteiger partial charge in [0.1, 0.15) is 29.3 Å². The molecular weight excluding hydrogens is 1530 g/mol. The van der Waals surface area contributed by atoms with Gasteiger partial charge in [0, 0.05) is 185 Å². The molecule has 35 nitrogen and oxygen atoms in total. The van der Waals surface area contributed by atoms with Gasteiger partial charge in [0.05, 0.1) is 18.9 Å². The molecule has 21 rings (SSSR count). The third-order valence-corrected chi connectivity index (χ3v) is 23.7. The molecule has 12 N–H and O–H groups in total. The van der Waals surface area contributed by atoms with E-state index in [2.05, 4.69) is 190 Å². The summed E-state index contributed by atoms with van der Waals surface area (Å²) in [5.41, 5.74) is 6.85. The maximum Gasteiger partial charge on any atom is 0.335 e. The van der Waals surface area contributed by atoms with E-state index in [9.17, 15) is 4.79 Å². The van der Waals surface area contributed by atoms with Crippen molar-refractivity contribution in [3.63, 3.8) is 0 Å². The molecule has 5 saturated heterocycles. The van der Waals surface area contributed by atoms with Gasteiger partial charge in [-0.3, -0.25) is 20.4 Å². The quantitative estimate of drug-likeness (QED) is 0.0224. The average Bonchev–Trinajstić information content (AvgIpc) is 1.01. The number of aromatic amines is 5. The molecule has 10 aliphatic rings. The van der Waals surface area contributed by atoms with Crippen LogP contribution in [0.15, 0.2) is 110 Å². The number of hydrogen-bond acceptors (Lipinski definition) is 28. The number of carboxylic acid groups (broad SMARTS) is 1. The van der Waals surface area contributed by atoms with E-state index >= 15 is 0 Å². The number of likely N-dealkylation sites (tertiary alicyclic amines) is 1. The molecule has 5 saturated carbocycles. The van der Waals surface area contributed by atoms with Crippen molar-refractivity contribution in [2.24, 2.45) is 0 Å². The number of rotatable bonds is 26. The molecule has 0 radical (unpaired) electrons. The first-order valence-electron chi connectivity index (χ1n) is 43.9. The largest absolute Gasteiger partial charge is 0.491 e. The van der Waals surface area contributed by atoms with Crippen LogP contribution in [0.3, 0.4) is 0 Å². The van der Waals surface area contributed by atoms with Gasteiger partial charge >= 0.3 is 5.97 Å². The number of nitrogens with zero attached hydrogens (tertiary/aromatic N) is 21. The van der Waals surface area contributed by atoms with E-state index in [1.54, 1.807) is 37.7 Å². The second-order valence-electron chi connectivity index (χ2n) is 33.4. The van der Waals surface area contributed by atoms with Gasteiger partial charge in [0.25, 0.3) is 0 Å². The van der Waals surface area contributed by atoms with Crippen molar-refractivity contribution < 1.29 is 26.3 Å². The minimum absolute atomic E-state index is 0. The number of anilines is 16. The number of piperidine rings is 4. The van der Waals surface area contributed by atoms with Crippen molar-refractivity contribution in [3.05, 3.63) is 144 Å². The number of methoxy groups -OCH3 is 1. The normalized spacial score (nSPS) is 18.2. The summed E-state index contributed by atoms with van der Waals surface area (Å²) < 4.78 is 7.54. The fourth-order valence-corrected chi connectivity index (χ4v) is 15.9. The molecule has 646 valence electrons. The van der Waals surface area contributed by atoms with E-state index in [1.165, 1.54) is 183 Å². The van der Waals surface area contributed by atoms with Crippen LogP contribution in [-0.4, -0.2) is 215 Å². The van der Waals surface area contributed by atoms with E-state index < -0.39 is 5.97 Å². The molecule has 15 heterocycles. The number of carboxylic acids is 1. The number of piperazine rings is 1. The van der Waals surface area contributed by atoms with E-state index in [0.717, 1.165) is 160 Å². The molecule has 0 atom stereocenters. The van der Waals surface area contributed by atoms with Gasteiger partial charge in [-0.1, -0.05) is 25.8 Å². The maximum atomic E-state index is 11.0. The smallest absolute Gasteiger partial charge is 0.335 e. The molecule has 0 bridgehead atoms. The highest BCUT2D eigenvalue weighted by molar-refractivity contribution is 5.89. The summed E-state index contributed by atoms with van der Waals surface area (Å²) in [6.45, 7) is 14.9. The lowest BCUT2D eigenvalue weighted by atomic mass is 10.0. The Morgan fingerprint density at radius 1 is 0.479 bits per heavy atom. The second kappa shape index (κ2) is 38.9. The summed E-state index contributed by atoms with van der Waals surface area (Å²) in [6.07, 6.45) is 41.7. The van der Waals surface area contributed by atoms with E-state index in [-0.39, 0.29) is 12.7 Å². The predicted octanol–water partition coefficient (Wildman–Crippen LogP) is 15.3. The molecule has 0 unspecified atom stereocenters. The van der Waals surface area contributed by atoms with Gasteiger partial charge in [-0.2, -0.15) is 45.3 Å². The maximum absolute atomic E-state index is 11.0. The summed E-state index contributed by atoms with van der Waals surface area (Å²) in [6, 6.07) is 21.8. The van der Waals surface area contributed by atoms with Crippen molar-refractivity contribution in [1.29, 1.82) is 0 Å². The van der Waals surface area contributed by atoms with Gasteiger partial charge in [-0.05, 0) is 191 Å². The average molecular weight is 1660 g/mol. The van der Waals surface area contributed by atoms with Gasteiger partial charge in [-0.25, -0.2) is 39.3 Å². The number of aryl methyl sites for hydroxylation is 1. The fourth-order valence-electron chi connectivity index (χ4n) is 15.9. The summed E-state index contributed by atoms with van der Waals surface area (Å²) in [5, 5.41) is 58.4. The number of carbonyl (C=O) groups is 1. The molecule has 35 heteroatoms. The molecule has 121 heavy (non-hydrogen) atoms. The zero-order valence-electron chi connectivity index (χ0n) is 69.8. The topological polar surface area (TPSA) is 401 Å². The Kier molecular flexibility index (Phi) is 26.1. The molecule has 11 aromatic rings. The SMILES string of the molecule is CCCc1cnc(N2CCCCC2)nc1Nc1cc(C2CC2)[nH]n1.COc1cnc(N2CCN(C)CC2)nc1Nc1cc(C2CC2)[nH]n1.O=C(O)c1cccc(Nc2nccc(Nc3c[n+](C4CC4)c[nH]3)n2)c1.[HH].[HH].[HH].[HH].[HH].c1cc(Nc2cc(C3CC3)[nH]n2)nc(N2CCC(N3CCCCC3)CC2)n1.c1cc(Nc2cc(C3CC3)[nH]n2)nc(N2CCCCC2)n1. The number of H-pyrrole nitrogens is 5. The fraction of sp³-hybridized carbons (Fsp3) is 0.512. The first-order chi connectivity index (χ1) is 59.5. The summed E-state index contributed by atoms with van der Waals surface area (Å²) in [4.78, 5) is 73.7. The van der Waals surface area contributed by atoms with Crippen molar-refractivity contribution in [1.82, 2.24) is 105 Å². The number of benzene rings is 1. The lowest BCUT2D eigenvalue weighted by molar-refractivity contribution is -0.698. The lowest BCUT2D eigenvalue weighted by Gasteiger charge is -2.40. The van der Waals surface area contributed by atoms with Crippen LogP contribution in [0.25, 0.3) is 0 Å². The zero-order chi connectivity index (χ0) is 82.2. The number of imidazole rings is 1. The number of aromatic carboxylic acids is 1. The predicted molar refractivity (Wildman–Crippen MR) is 478 cm³/mol. The Morgan fingerprint density at radius 3 is 1.46 bits per heavy atom. The van der Waals surface area contributed by atoms with Crippen LogP contribution in [0.4, 0.5) is 93.6 Å². The number of likely N-dealkylation sites (N-methyl/N-ethyl adjacent to an activating group) is 1. The molecule has 0 amide bonds. The number of ether oxygens (including phenoxy) is 1. The Labute approximate surface area is 712 Å². The van der Waals surface area contributed by atoms with E-state index in [0.29, 0.717) is 58.7 Å². The van der Waals surface area contributed by atoms with Crippen LogP contribution in [0.1, 0.15) is 224 Å². The van der Waals surface area contributed by atoms with E-state index in [4.69, 9.17) is 19.8 Å². The third kappa shape index (κ3) is 22.7. The van der Waals surface area contributed by atoms with Crippen LogP contribution in [-0.2, 0) is 6.42 Å². The van der Waals surface area contributed by atoms with Gasteiger partial charge in [0.15, 0.2) is 41.0 Å². The van der Waals surface area contributed by atoms with Crippen LogP contribution in [0.2, 0.25) is 0 Å². The standard InChI is InChI=1S/C20H29N7.C18H26N6.C17H16N6O2.C16H23N7O.C15H20N6.5H2/c1-2-10-26(11-3-1)16-7-12-27(13-8-16)20-21-9-6-18(23-20)22-19-14-17(24-25-19)15-4-5-15;1-2-6-14-12-19-18(24-9-4-3-5-10-24)21-17(14)20-16-11-15(22-23-16)13-7-8-13;24-16(25)11-2-1-3-12(8-11)20-17-18-7-6-14(22-17)21-15-9-23(10-19-15)13-4-5-13;1-22-5-7-23(8-6-22)16-17-10-13(24-2)15(19-16)18-14-9-12(20-21-14)11-3-4-11;1-2-8-21(9-3-1)15-16-7-6-13(18-15)17-14-10-12(19-20-14)11-4-5-11;;;;;/h6,9,14-16H,1-5,7-8,10-13H2,(H2,21,22,23,24,25);11-13H,2-10H2,1H3,(H2,19,20,21,22,23);1-3,6-10,13H,4-5H2,(H3,18,20,21,22,24,25);9-11H,3-8H2,1-2H3,(H2,17,18,19,20,21);6-7,10-11H,1-5,8-9H2,(H2,16,17,18,19,20);5*1H/p+1. The van der Waals surface area contributed by atoms with Gasteiger partial charge < -0.3 is 71.1 Å². The minimum atomic E-state index is -0.976. The molecular formula is C86H125N32O3+. The highest BCUT2D eigenvalue weighted by Gasteiger charge is 2.33. The summed E-state index contributed by atoms with van der Waals surface area (Å²) in [5.74, 6) is 13.9. The number of hydrogen-bond donors (Lipinski definition) is 12. The van der Waals surface area contributed by atoms with Crippen molar-refractivity contribution >= 4 is 99.6 Å². The van der Waals surface area contributed by atoms with Crippen molar-refractivity contribution in [2.45, 2.75) is 190 Å². The summed E-state index contributed by atoms with van der Waals surface area (Å²) >= 11 is 0. The van der Waals surface area contributed by atoms with Crippen LogP contribution >= 0.6 is 0 Å². The molecule has 10 aromatic heterocycles. The first-order valence-corrected chi connectivity index (χ1v) is 43.9. The van der Waals surface area contributed by atoms with Crippen LogP contribution < -0.4 is 60.8 Å². The molecule has 10 fully saturated rings. The third-order valence-electron chi connectivity index (χ3n) is 23.7.